The number of rotatable bonds is 6. The van der Waals surface area contributed by atoms with E-state index < -0.39 is 5.91 Å². The number of primary amides is 1. The van der Waals surface area contributed by atoms with Gasteiger partial charge < -0.3 is 15.8 Å². The standard InChI is InChI=1S/C23H24N4O2/c1-14(22(24)28)12-27-13-20-18(23(27)29-3)7-6-15-4-5-16(10-19(15)20)21-11-17(25-2)8-9-26-21/h4-11,23H,1,12-13H2,2-3H3,(H2,24,28)(H,25,26). The van der Waals surface area contributed by atoms with Gasteiger partial charge in [0.25, 0.3) is 0 Å². The Morgan fingerprint density at radius 3 is 2.83 bits per heavy atom. The minimum Gasteiger partial charge on any atom is -0.388 e. The van der Waals surface area contributed by atoms with Crippen molar-refractivity contribution >= 4 is 22.4 Å². The number of benzene rings is 2. The molecule has 2 aromatic carbocycles. The molecule has 1 aliphatic heterocycles. The third-order valence-electron chi connectivity index (χ3n) is 5.44. The highest BCUT2D eigenvalue weighted by Crippen LogP contribution is 2.39. The number of nitrogens with one attached hydrogen (secondary N) is 1. The van der Waals surface area contributed by atoms with Gasteiger partial charge >= 0.3 is 0 Å². The summed E-state index contributed by atoms with van der Waals surface area (Å²) in [4.78, 5) is 18.1. The summed E-state index contributed by atoms with van der Waals surface area (Å²) in [5.74, 6) is -0.488. The van der Waals surface area contributed by atoms with Gasteiger partial charge in [0.2, 0.25) is 5.91 Å². The lowest BCUT2D eigenvalue weighted by Crippen LogP contribution is -2.29. The molecule has 2 heterocycles. The summed E-state index contributed by atoms with van der Waals surface area (Å²) in [5, 5.41) is 5.47. The molecule has 1 aromatic heterocycles. The van der Waals surface area contributed by atoms with Crippen LogP contribution in [0.3, 0.4) is 0 Å². The number of amides is 1. The number of hydrogen-bond acceptors (Lipinski definition) is 5. The number of fused-ring (bicyclic) bond motifs is 3. The molecule has 29 heavy (non-hydrogen) atoms. The highest BCUT2D eigenvalue weighted by atomic mass is 16.5. The van der Waals surface area contributed by atoms with E-state index in [1.807, 2.05) is 19.2 Å². The molecule has 4 rings (SSSR count). The summed E-state index contributed by atoms with van der Waals surface area (Å²) in [7, 11) is 3.57. The second-order valence-corrected chi connectivity index (χ2v) is 7.21. The predicted octanol–water partition coefficient (Wildman–Crippen LogP) is 3.45. The Labute approximate surface area is 170 Å². The van der Waals surface area contributed by atoms with Crippen molar-refractivity contribution in [3.8, 4) is 11.3 Å². The fourth-order valence-corrected chi connectivity index (χ4v) is 3.93. The van der Waals surface area contributed by atoms with Crippen molar-refractivity contribution < 1.29 is 9.53 Å². The number of methoxy groups -OCH3 is 1. The molecule has 1 amide bonds. The zero-order valence-electron chi connectivity index (χ0n) is 16.6. The molecule has 0 fully saturated rings. The van der Waals surface area contributed by atoms with Gasteiger partial charge in [-0.1, -0.05) is 30.8 Å². The molecule has 6 nitrogen and oxygen atoms in total. The van der Waals surface area contributed by atoms with E-state index in [1.165, 1.54) is 5.56 Å². The molecule has 6 heteroatoms. The van der Waals surface area contributed by atoms with E-state index in [4.69, 9.17) is 10.5 Å². The van der Waals surface area contributed by atoms with Crippen LogP contribution in [0, 0.1) is 0 Å². The van der Waals surface area contributed by atoms with Gasteiger partial charge in [0.15, 0.2) is 0 Å². The monoisotopic (exact) mass is 388 g/mol. The quantitative estimate of drug-likeness (QED) is 0.632. The van der Waals surface area contributed by atoms with Crippen LogP contribution in [0.4, 0.5) is 5.69 Å². The molecule has 0 saturated heterocycles. The highest BCUT2D eigenvalue weighted by Gasteiger charge is 2.32. The molecule has 1 aliphatic rings. The fourth-order valence-electron chi connectivity index (χ4n) is 3.93. The average molecular weight is 388 g/mol. The Hall–Kier alpha value is -3.22. The van der Waals surface area contributed by atoms with Gasteiger partial charge in [-0.15, -0.1) is 0 Å². The normalized spacial score (nSPS) is 16.0. The third kappa shape index (κ3) is 3.48. The van der Waals surface area contributed by atoms with Crippen LogP contribution in [0.2, 0.25) is 0 Å². The van der Waals surface area contributed by atoms with E-state index in [2.05, 4.69) is 52.1 Å². The van der Waals surface area contributed by atoms with Gasteiger partial charge in [0, 0.05) is 55.8 Å². The number of nitrogens with two attached hydrogens (primary N) is 1. The Morgan fingerprint density at radius 2 is 2.10 bits per heavy atom. The zero-order valence-corrected chi connectivity index (χ0v) is 16.6. The van der Waals surface area contributed by atoms with Crippen molar-refractivity contribution in [1.29, 1.82) is 0 Å². The lowest BCUT2D eigenvalue weighted by atomic mass is 9.97. The second kappa shape index (κ2) is 7.66. The van der Waals surface area contributed by atoms with Gasteiger partial charge in [-0.25, -0.2) is 0 Å². The first-order chi connectivity index (χ1) is 14.0. The zero-order chi connectivity index (χ0) is 20.5. The smallest absolute Gasteiger partial charge is 0.245 e. The number of carbonyl (C=O) groups excluding carboxylic acids is 1. The van der Waals surface area contributed by atoms with E-state index in [0.717, 1.165) is 33.3 Å². The summed E-state index contributed by atoms with van der Waals surface area (Å²) in [6.45, 7) is 4.82. The summed E-state index contributed by atoms with van der Waals surface area (Å²) >= 11 is 0. The first kappa shape index (κ1) is 19.1. The molecule has 0 spiro atoms. The van der Waals surface area contributed by atoms with Crippen molar-refractivity contribution in [2.75, 3.05) is 26.0 Å². The summed E-state index contributed by atoms with van der Waals surface area (Å²) in [5.41, 5.74) is 11.0. The topological polar surface area (TPSA) is 80.5 Å². The number of nitrogens with zero attached hydrogens (tertiary/aromatic N) is 2. The molecular weight excluding hydrogens is 364 g/mol. The number of anilines is 1. The first-order valence-electron chi connectivity index (χ1n) is 9.46. The van der Waals surface area contributed by atoms with E-state index >= 15 is 0 Å². The number of ether oxygens (including phenoxy) is 1. The minimum absolute atomic E-state index is 0.236. The van der Waals surface area contributed by atoms with Crippen LogP contribution < -0.4 is 11.1 Å². The molecule has 1 atom stereocenters. The first-order valence-corrected chi connectivity index (χ1v) is 9.46. The average Bonchev–Trinajstić information content (AvgIpc) is 3.10. The minimum atomic E-state index is -0.488. The van der Waals surface area contributed by atoms with E-state index in [9.17, 15) is 4.79 Å². The van der Waals surface area contributed by atoms with Crippen LogP contribution in [-0.4, -0.2) is 36.5 Å². The maximum Gasteiger partial charge on any atom is 0.245 e. The van der Waals surface area contributed by atoms with E-state index in [0.29, 0.717) is 18.7 Å². The largest absolute Gasteiger partial charge is 0.388 e. The molecule has 148 valence electrons. The van der Waals surface area contributed by atoms with E-state index in [-0.39, 0.29) is 6.23 Å². The molecule has 3 aromatic rings. The van der Waals surface area contributed by atoms with Crippen LogP contribution >= 0.6 is 0 Å². The summed E-state index contributed by atoms with van der Waals surface area (Å²) < 4.78 is 5.74. The van der Waals surface area contributed by atoms with E-state index in [1.54, 1.807) is 13.3 Å². The number of pyridine rings is 1. The fraction of sp³-hybridized carbons (Fsp3) is 0.217. The third-order valence-corrected chi connectivity index (χ3v) is 5.44. The Bertz CT molecular complexity index is 1110. The summed E-state index contributed by atoms with van der Waals surface area (Å²) in [6.07, 6.45) is 1.57. The van der Waals surface area contributed by atoms with Crippen LogP contribution in [-0.2, 0) is 16.1 Å². The maximum atomic E-state index is 11.5. The van der Waals surface area contributed by atoms with Crippen LogP contribution in [0.25, 0.3) is 22.0 Å². The van der Waals surface area contributed by atoms with Crippen molar-refractivity contribution in [2.45, 2.75) is 12.8 Å². The van der Waals surface area contributed by atoms with Gasteiger partial charge in [-0.05, 0) is 34.5 Å². The number of aromatic nitrogens is 1. The van der Waals surface area contributed by atoms with Crippen LogP contribution in [0.1, 0.15) is 17.4 Å². The molecule has 3 N–H and O–H groups in total. The van der Waals surface area contributed by atoms with Crippen molar-refractivity contribution in [1.82, 2.24) is 9.88 Å². The van der Waals surface area contributed by atoms with Crippen LogP contribution in [0.5, 0.6) is 0 Å². The van der Waals surface area contributed by atoms with Crippen molar-refractivity contribution in [3.63, 3.8) is 0 Å². The maximum absolute atomic E-state index is 11.5. The predicted molar refractivity (Wildman–Crippen MR) is 115 cm³/mol. The van der Waals surface area contributed by atoms with Crippen LogP contribution in [0.15, 0.2) is 60.8 Å². The Kier molecular flexibility index (Phi) is 5.05. The summed E-state index contributed by atoms with van der Waals surface area (Å²) in [6, 6.07) is 14.6. The molecule has 0 aliphatic carbocycles. The molecular formula is C23H24N4O2. The van der Waals surface area contributed by atoms with Gasteiger partial charge in [-0.3, -0.25) is 14.7 Å². The van der Waals surface area contributed by atoms with Crippen molar-refractivity contribution in [3.05, 3.63) is 71.9 Å². The second-order valence-electron chi connectivity index (χ2n) is 7.21. The molecule has 0 saturated carbocycles. The molecule has 1 unspecified atom stereocenters. The Morgan fingerprint density at radius 1 is 1.31 bits per heavy atom. The number of hydrogen-bond donors (Lipinski definition) is 2. The van der Waals surface area contributed by atoms with Gasteiger partial charge in [0.1, 0.15) is 6.23 Å². The lowest BCUT2D eigenvalue weighted by Gasteiger charge is -2.23. The number of carbonyl (C=O) groups is 1. The molecule has 0 radical (unpaired) electrons. The molecule has 0 bridgehead atoms. The Balaban J connectivity index is 1.77. The van der Waals surface area contributed by atoms with Gasteiger partial charge in [0.05, 0.1) is 5.69 Å². The lowest BCUT2D eigenvalue weighted by molar-refractivity contribution is -0.115. The highest BCUT2D eigenvalue weighted by molar-refractivity contribution is 5.92. The van der Waals surface area contributed by atoms with Crippen molar-refractivity contribution in [2.24, 2.45) is 5.73 Å². The SMILES string of the molecule is C=C(CN1Cc2c(ccc3ccc(-c4cc(NC)ccn4)cc23)C1OC)C(N)=O. The van der Waals surface area contributed by atoms with Gasteiger partial charge in [-0.2, -0.15) is 0 Å².